The molecule has 0 saturated carbocycles. The van der Waals surface area contributed by atoms with Crippen molar-refractivity contribution in [3.8, 4) is 5.75 Å². The lowest BCUT2D eigenvalue weighted by atomic mass is 10.1. The summed E-state index contributed by atoms with van der Waals surface area (Å²) in [7, 11) is 1.30. The molecule has 168 valence electrons. The molecule has 0 N–H and O–H groups in total. The molecule has 2 aromatic heterocycles. The molecule has 0 aliphatic rings. The number of carbonyl (C=O) groups is 1. The highest BCUT2D eigenvalue weighted by atomic mass is 19.4. The minimum atomic E-state index is -4.80. The molecule has 32 heavy (non-hydrogen) atoms. The highest BCUT2D eigenvalue weighted by Gasteiger charge is 2.31. The largest absolute Gasteiger partial charge is 0.573 e. The van der Waals surface area contributed by atoms with Gasteiger partial charge in [-0.1, -0.05) is 13.8 Å². The van der Waals surface area contributed by atoms with Crippen molar-refractivity contribution in [1.29, 1.82) is 0 Å². The molecule has 10 heteroatoms. The Balaban J connectivity index is 1.79. The summed E-state index contributed by atoms with van der Waals surface area (Å²) in [4.78, 5) is 16.1. The van der Waals surface area contributed by atoms with Crippen LogP contribution in [0.1, 0.15) is 29.8 Å². The number of esters is 1. The number of rotatable bonds is 6. The molecule has 0 spiro atoms. The number of ether oxygens (including phenoxy) is 2. The van der Waals surface area contributed by atoms with E-state index in [0.29, 0.717) is 34.5 Å². The number of hydrogen-bond acceptors (Lipinski definition) is 5. The summed E-state index contributed by atoms with van der Waals surface area (Å²) >= 11 is 0. The van der Waals surface area contributed by atoms with Crippen molar-refractivity contribution in [2.75, 3.05) is 7.11 Å². The fourth-order valence-corrected chi connectivity index (χ4v) is 3.71. The number of hydrogen-bond donors (Lipinski definition) is 0. The van der Waals surface area contributed by atoms with Gasteiger partial charge in [0.2, 0.25) is 0 Å². The van der Waals surface area contributed by atoms with Crippen LogP contribution in [0.4, 0.5) is 13.2 Å². The predicted octanol–water partition coefficient (Wildman–Crippen LogP) is 4.78. The van der Waals surface area contributed by atoms with Gasteiger partial charge in [0, 0.05) is 17.5 Å². The molecule has 0 atom stereocenters. The molecule has 0 aliphatic heterocycles. The quantitative estimate of drug-likeness (QED) is 0.399. The second-order valence-electron chi connectivity index (χ2n) is 7.86. The fourth-order valence-electron chi connectivity index (χ4n) is 3.71. The summed E-state index contributed by atoms with van der Waals surface area (Å²) in [5.41, 5.74) is 3.01. The minimum absolute atomic E-state index is 0.240. The third-order valence-electron chi connectivity index (χ3n) is 4.94. The Morgan fingerprint density at radius 2 is 1.97 bits per heavy atom. The Hall–Kier alpha value is -3.56. The van der Waals surface area contributed by atoms with E-state index < -0.39 is 12.3 Å². The second kappa shape index (κ2) is 8.18. The lowest BCUT2D eigenvalue weighted by molar-refractivity contribution is -0.274. The molecule has 0 radical (unpaired) electrons. The van der Waals surface area contributed by atoms with Crippen molar-refractivity contribution in [3.63, 3.8) is 0 Å². The summed E-state index contributed by atoms with van der Waals surface area (Å²) in [6.07, 6.45) is -1.68. The summed E-state index contributed by atoms with van der Waals surface area (Å²) in [6, 6.07) is 7.68. The maximum Gasteiger partial charge on any atom is 0.573 e. The molecular weight excluding hydrogens is 425 g/mol. The van der Waals surface area contributed by atoms with E-state index in [0.717, 1.165) is 11.0 Å². The zero-order chi connectivity index (χ0) is 23.0. The molecule has 0 fully saturated rings. The maximum absolute atomic E-state index is 12.9. The number of alkyl halides is 3. The van der Waals surface area contributed by atoms with Gasteiger partial charge in [0.1, 0.15) is 5.75 Å². The zero-order valence-corrected chi connectivity index (χ0v) is 17.7. The van der Waals surface area contributed by atoms with Gasteiger partial charge in [0.25, 0.3) is 0 Å². The molecule has 0 bridgehead atoms. The molecule has 0 aliphatic carbocycles. The van der Waals surface area contributed by atoms with Crippen LogP contribution in [0.15, 0.2) is 42.9 Å². The van der Waals surface area contributed by atoms with Crippen LogP contribution in [0.5, 0.6) is 5.75 Å². The van der Waals surface area contributed by atoms with E-state index >= 15 is 0 Å². The summed E-state index contributed by atoms with van der Waals surface area (Å²) in [6.45, 7) is 4.93. The van der Waals surface area contributed by atoms with E-state index in [1.807, 2.05) is 13.8 Å². The molecule has 0 unspecified atom stereocenters. The summed E-state index contributed by atoms with van der Waals surface area (Å²) in [5, 5.41) is 4.92. The van der Waals surface area contributed by atoms with Gasteiger partial charge in [-0.2, -0.15) is 5.10 Å². The first kappa shape index (κ1) is 21.7. The molecule has 0 saturated heterocycles. The van der Waals surface area contributed by atoms with Gasteiger partial charge >= 0.3 is 12.3 Å². The number of benzene rings is 2. The third kappa shape index (κ3) is 4.39. The number of halogens is 3. The number of nitrogens with zero attached hydrogens (tertiary/aromatic N) is 4. The maximum atomic E-state index is 12.9. The third-order valence-corrected chi connectivity index (χ3v) is 4.94. The zero-order valence-electron chi connectivity index (χ0n) is 17.7. The van der Waals surface area contributed by atoms with Crippen molar-refractivity contribution in [2.24, 2.45) is 5.92 Å². The molecule has 4 aromatic rings. The van der Waals surface area contributed by atoms with Crippen molar-refractivity contribution < 1.29 is 27.4 Å². The van der Waals surface area contributed by atoms with Gasteiger partial charge in [-0.25, -0.2) is 9.78 Å². The Kier molecular flexibility index (Phi) is 5.53. The number of imidazole rings is 1. The molecule has 4 rings (SSSR count). The van der Waals surface area contributed by atoms with E-state index in [9.17, 15) is 18.0 Å². The second-order valence-corrected chi connectivity index (χ2v) is 7.86. The highest BCUT2D eigenvalue weighted by molar-refractivity contribution is 5.93. The number of carbonyl (C=O) groups excluding carboxylic acids is 1. The molecule has 2 aromatic carbocycles. The van der Waals surface area contributed by atoms with Crippen LogP contribution in [-0.2, 0) is 17.8 Å². The number of fused-ring (bicyclic) bond motifs is 2. The lowest BCUT2D eigenvalue weighted by Crippen LogP contribution is -2.17. The van der Waals surface area contributed by atoms with Crippen LogP contribution in [0.2, 0.25) is 0 Å². The minimum Gasteiger partial charge on any atom is -0.465 e. The Bertz CT molecular complexity index is 1290. The fraction of sp³-hybridized carbons (Fsp3) is 0.318. The van der Waals surface area contributed by atoms with Crippen LogP contribution in [-0.4, -0.2) is 38.8 Å². The van der Waals surface area contributed by atoms with E-state index in [1.165, 1.54) is 19.2 Å². The van der Waals surface area contributed by atoms with Crippen LogP contribution in [0.25, 0.3) is 21.9 Å². The molecular formula is C22H21F3N4O3. The van der Waals surface area contributed by atoms with Crippen molar-refractivity contribution in [1.82, 2.24) is 19.3 Å². The van der Waals surface area contributed by atoms with E-state index in [1.54, 1.807) is 40.0 Å². The van der Waals surface area contributed by atoms with Gasteiger partial charge in [0.15, 0.2) is 0 Å². The first-order valence-electron chi connectivity index (χ1n) is 9.92. The molecule has 7 nitrogen and oxygen atoms in total. The predicted molar refractivity (Wildman–Crippen MR) is 111 cm³/mol. The number of methoxy groups -OCH3 is 1. The number of aromatic nitrogens is 4. The van der Waals surface area contributed by atoms with E-state index in [-0.39, 0.29) is 12.3 Å². The normalized spacial score (nSPS) is 12.1. The van der Waals surface area contributed by atoms with Crippen molar-refractivity contribution >= 4 is 27.9 Å². The average molecular weight is 446 g/mol. The van der Waals surface area contributed by atoms with Crippen LogP contribution < -0.4 is 4.74 Å². The van der Waals surface area contributed by atoms with Crippen molar-refractivity contribution in [2.45, 2.75) is 33.3 Å². The SMILES string of the molecule is COC(=O)c1ccc2c(c1)ncn2Cc1cc(OC(F)(F)F)cc2cnn(CC(C)C)c12. The van der Waals surface area contributed by atoms with E-state index in [4.69, 9.17) is 4.74 Å². The monoisotopic (exact) mass is 446 g/mol. The Morgan fingerprint density at radius 3 is 2.66 bits per heavy atom. The van der Waals surface area contributed by atoms with E-state index in [2.05, 4.69) is 14.8 Å². The highest BCUT2D eigenvalue weighted by Crippen LogP contribution is 2.31. The van der Waals surface area contributed by atoms with Crippen LogP contribution >= 0.6 is 0 Å². The first-order valence-corrected chi connectivity index (χ1v) is 9.92. The average Bonchev–Trinajstić information content (AvgIpc) is 3.29. The van der Waals surface area contributed by atoms with Gasteiger partial charge in [-0.3, -0.25) is 4.68 Å². The van der Waals surface area contributed by atoms with Gasteiger partial charge in [-0.15, -0.1) is 13.2 Å². The first-order chi connectivity index (χ1) is 15.1. The van der Waals surface area contributed by atoms with Gasteiger partial charge in [0.05, 0.1) is 48.3 Å². The standard InChI is InChI=1S/C22H21F3N4O3/c1-13(2)10-29-20-15(9-27-29)6-17(32-22(23,24)25)7-16(20)11-28-12-26-18-8-14(21(30)31-3)4-5-19(18)28/h4-9,12-13H,10-11H2,1-3H3. The summed E-state index contributed by atoms with van der Waals surface area (Å²) in [5.74, 6) is -0.484. The Morgan fingerprint density at radius 1 is 1.19 bits per heavy atom. The Labute approximate surface area is 181 Å². The summed E-state index contributed by atoms with van der Waals surface area (Å²) < 4.78 is 51.1. The molecule has 2 heterocycles. The smallest absolute Gasteiger partial charge is 0.465 e. The lowest BCUT2D eigenvalue weighted by Gasteiger charge is -2.14. The van der Waals surface area contributed by atoms with Crippen LogP contribution in [0, 0.1) is 5.92 Å². The van der Waals surface area contributed by atoms with Gasteiger partial charge < -0.3 is 14.0 Å². The van der Waals surface area contributed by atoms with Crippen LogP contribution in [0.3, 0.4) is 0 Å². The topological polar surface area (TPSA) is 71.2 Å². The van der Waals surface area contributed by atoms with Crippen molar-refractivity contribution in [3.05, 3.63) is 54.0 Å². The van der Waals surface area contributed by atoms with Gasteiger partial charge in [-0.05, 0) is 36.2 Å². The molecule has 0 amide bonds.